The number of benzene rings is 3. The lowest BCUT2D eigenvalue weighted by atomic mass is 10.3. The molecule has 0 saturated heterocycles. The lowest BCUT2D eigenvalue weighted by Gasteiger charge is -2.24. The van der Waals surface area contributed by atoms with Crippen molar-refractivity contribution in [1.82, 2.24) is 0 Å². The van der Waals surface area contributed by atoms with E-state index in [4.69, 9.17) is 18.7 Å². The summed E-state index contributed by atoms with van der Waals surface area (Å²) >= 11 is 0. The molecule has 140 valence electrons. The van der Waals surface area contributed by atoms with Crippen molar-refractivity contribution in [3.8, 4) is 23.0 Å². The molecule has 0 fully saturated rings. The highest BCUT2D eigenvalue weighted by molar-refractivity contribution is 7.75. The van der Waals surface area contributed by atoms with Crippen LogP contribution >= 0.6 is 7.37 Å². The molecule has 3 rings (SSSR count). The van der Waals surface area contributed by atoms with Crippen LogP contribution in [-0.2, 0) is 4.57 Å². The Bertz CT molecular complexity index is 919. The second-order valence-electron chi connectivity index (χ2n) is 5.64. The molecular formula is C21H21O5P. The van der Waals surface area contributed by atoms with Crippen molar-refractivity contribution in [2.75, 3.05) is 21.3 Å². The van der Waals surface area contributed by atoms with Gasteiger partial charge >= 0.3 is 7.37 Å². The Morgan fingerprint density at radius 1 is 0.556 bits per heavy atom. The lowest BCUT2D eigenvalue weighted by molar-refractivity contribution is 0.391. The zero-order valence-corrected chi connectivity index (χ0v) is 16.3. The predicted molar refractivity (Wildman–Crippen MR) is 106 cm³/mol. The van der Waals surface area contributed by atoms with E-state index >= 15 is 0 Å². The summed E-state index contributed by atoms with van der Waals surface area (Å²) in [5, 5.41) is 0.894. The van der Waals surface area contributed by atoms with Crippen LogP contribution in [0.5, 0.6) is 23.0 Å². The minimum absolute atomic E-state index is 0.375. The summed E-state index contributed by atoms with van der Waals surface area (Å²) in [5.74, 6) is 1.81. The van der Waals surface area contributed by atoms with Crippen LogP contribution in [0, 0.1) is 0 Å². The number of hydrogen-bond donors (Lipinski definition) is 0. The van der Waals surface area contributed by atoms with E-state index in [1.54, 1.807) is 61.7 Å². The maximum absolute atomic E-state index is 14.4. The SMILES string of the molecule is COc1ccccc1OP(=O)(c1ccccc1OC)c1ccccc1OC. The van der Waals surface area contributed by atoms with Gasteiger partial charge in [0.1, 0.15) is 11.5 Å². The van der Waals surface area contributed by atoms with Crippen molar-refractivity contribution in [2.24, 2.45) is 0 Å². The summed E-state index contributed by atoms with van der Waals surface area (Å²) in [5.41, 5.74) is 0. The normalized spacial score (nSPS) is 10.9. The van der Waals surface area contributed by atoms with Crippen LogP contribution in [0.1, 0.15) is 0 Å². The Morgan fingerprint density at radius 2 is 0.926 bits per heavy atom. The van der Waals surface area contributed by atoms with Gasteiger partial charge in [0, 0.05) is 0 Å². The van der Waals surface area contributed by atoms with Crippen molar-refractivity contribution >= 4 is 18.0 Å². The average molecular weight is 384 g/mol. The molecular weight excluding hydrogens is 363 g/mol. The molecule has 0 unspecified atom stereocenters. The highest BCUT2D eigenvalue weighted by atomic mass is 31.2. The van der Waals surface area contributed by atoms with Gasteiger partial charge in [-0.05, 0) is 36.4 Å². The van der Waals surface area contributed by atoms with Gasteiger partial charge in [0.15, 0.2) is 11.5 Å². The second-order valence-corrected chi connectivity index (χ2v) is 7.89. The van der Waals surface area contributed by atoms with E-state index in [1.807, 2.05) is 18.2 Å². The molecule has 0 aliphatic rings. The van der Waals surface area contributed by atoms with Gasteiger partial charge in [-0.2, -0.15) is 0 Å². The molecule has 0 amide bonds. The molecule has 0 radical (unpaired) electrons. The topological polar surface area (TPSA) is 54.0 Å². The van der Waals surface area contributed by atoms with Gasteiger partial charge < -0.3 is 18.7 Å². The van der Waals surface area contributed by atoms with Crippen molar-refractivity contribution < 1.29 is 23.3 Å². The van der Waals surface area contributed by atoms with E-state index in [0.29, 0.717) is 33.6 Å². The first-order chi connectivity index (χ1) is 13.1. The van der Waals surface area contributed by atoms with Gasteiger partial charge in [0.25, 0.3) is 0 Å². The molecule has 0 heterocycles. The summed E-state index contributed by atoms with van der Waals surface area (Å²) in [7, 11) is 0.989. The van der Waals surface area contributed by atoms with E-state index < -0.39 is 7.37 Å². The van der Waals surface area contributed by atoms with Crippen molar-refractivity contribution in [2.45, 2.75) is 0 Å². The molecule has 0 aliphatic carbocycles. The fraction of sp³-hybridized carbons (Fsp3) is 0.143. The lowest BCUT2D eigenvalue weighted by Crippen LogP contribution is -2.23. The van der Waals surface area contributed by atoms with Gasteiger partial charge in [0.05, 0.1) is 31.9 Å². The van der Waals surface area contributed by atoms with Crippen LogP contribution in [0.4, 0.5) is 0 Å². The van der Waals surface area contributed by atoms with E-state index in [0.717, 1.165) is 0 Å². The van der Waals surface area contributed by atoms with Crippen molar-refractivity contribution in [3.05, 3.63) is 72.8 Å². The van der Waals surface area contributed by atoms with Crippen LogP contribution in [0.2, 0.25) is 0 Å². The number of rotatable bonds is 7. The summed E-state index contributed by atoms with van der Waals surface area (Å²) in [6.45, 7) is 0. The Morgan fingerprint density at radius 3 is 1.37 bits per heavy atom. The third kappa shape index (κ3) is 3.64. The molecule has 0 saturated carbocycles. The standard InChI is InChI=1S/C21H21O5P/c1-23-16-10-4-5-11-17(16)26-27(22,20-14-8-6-12-18(20)24-2)21-15-9-7-13-19(21)25-3/h4-15H,1-3H3. The molecule has 0 aromatic heterocycles. The van der Waals surface area contributed by atoms with Gasteiger partial charge in [-0.25, -0.2) is 0 Å². The first-order valence-corrected chi connectivity index (χ1v) is 9.96. The molecule has 0 bridgehead atoms. The van der Waals surface area contributed by atoms with Gasteiger partial charge in [-0.3, -0.25) is 4.57 Å². The van der Waals surface area contributed by atoms with Crippen molar-refractivity contribution in [3.63, 3.8) is 0 Å². The monoisotopic (exact) mass is 384 g/mol. The molecule has 6 heteroatoms. The van der Waals surface area contributed by atoms with Crippen LogP contribution in [-0.4, -0.2) is 21.3 Å². The zero-order chi connectivity index (χ0) is 19.3. The highest BCUT2D eigenvalue weighted by Crippen LogP contribution is 2.51. The van der Waals surface area contributed by atoms with Crippen LogP contribution in [0.3, 0.4) is 0 Å². The first kappa shape index (κ1) is 18.9. The van der Waals surface area contributed by atoms with E-state index in [-0.39, 0.29) is 0 Å². The van der Waals surface area contributed by atoms with Gasteiger partial charge in [-0.15, -0.1) is 0 Å². The average Bonchev–Trinajstić information content (AvgIpc) is 2.74. The smallest absolute Gasteiger partial charge is 0.314 e. The fourth-order valence-electron chi connectivity index (χ4n) is 2.81. The molecule has 0 atom stereocenters. The largest absolute Gasteiger partial charge is 0.496 e. The molecule has 3 aromatic carbocycles. The Hall–Kier alpha value is -2.91. The first-order valence-electron chi connectivity index (χ1n) is 8.34. The fourth-order valence-corrected chi connectivity index (χ4v) is 5.17. The molecule has 0 aliphatic heterocycles. The highest BCUT2D eigenvalue weighted by Gasteiger charge is 2.36. The molecule has 27 heavy (non-hydrogen) atoms. The van der Waals surface area contributed by atoms with Gasteiger partial charge in [-0.1, -0.05) is 36.4 Å². The second kappa shape index (κ2) is 8.19. The van der Waals surface area contributed by atoms with Crippen molar-refractivity contribution in [1.29, 1.82) is 0 Å². The molecule has 0 spiro atoms. The molecule has 5 nitrogen and oxygen atoms in total. The minimum Gasteiger partial charge on any atom is -0.496 e. The summed E-state index contributed by atoms with van der Waals surface area (Å²) in [6.07, 6.45) is 0. The maximum atomic E-state index is 14.4. The van der Waals surface area contributed by atoms with Crippen LogP contribution in [0.25, 0.3) is 0 Å². The third-order valence-corrected chi connectivity index (χ3v) is 6.56. The number of ether oxygens (including phenoxy) is 3. The van der Waals surface area contributed by atoms with E-state index in [2.05, 4.69) is 0 Å². The minimum atomic E-state index is -3.62. The number of methoxy groups -OCH3 is 3. The molecule has 0 N–H and O–H groups in total. The Labute approximate surface area is 158 Å². The molecule has 3 aromatic rings. The van der Waals surface area contributed by atoms with Crippen LogP contribution in [0.15, 0.2) is 72.8 Å². The summed E-state index contributed by atoms with van der Waals surface area (Å²) in [4.78, 5) is 0. The Balaban J connectivity index is 2.25. The van der Waals surface area contributed by atoms with E-state index in [9.17, 15) is 4.57 Å². The van der Waals surface area contributed by atoms with E-state index in [1.165, 1.54) is 14.2 Å². The Kier molecular flexibility index (Phi) is 5.72. The predicted octanol–water partition coefficient (Wildman–Crippen LogP) is 4.02. The summed E-state index contributed by atoms with van der Waals surface area (Å²) < 4.78 is 36.8. The maximum Gasteiger partial charge on any atom is 0.314 e. The van der Waals surface area contributed by atoms with Gasteiger partial charge in [0.2, 0.25) is 0 Å². The third-order valence-electron chi connectivity index (χ3n) is 4.10. The zero-order valence-electron chi connectivity index (χ0n) is 15.4. The number of para-hydroxylation sites is 4. The quantitative estimate of drug-likeness (QED) is 0.576. The number of hydrogen-bond acceptors (Lipinski definition) is 5. The summed E-state index contributed by atoms with van der Waals surface area (Å²) in [6, 6.07) is 21.3. The van der Waals surface area contributed by atoms with Crippen LogP contribution < -0.4 is 29.3 Å².